The van der Waals surface area contributed by atoms with Crippen LogP contribution in [-0.4, -0.2) is 34.1 Å². The minimum Gasteiger partial charge on any atom is -0.326 e. The molecule has 0 aromatic heterocycles. The molecule has 0 aliphatic carbocycles. The van der Waals surface area contributed by atoms with Crippen LogP contribution >= 0.6 is 0 Å². The van der Waals surface area contributed by atoms with Gasteiger partial charge in [0.1, 0.15) is 0 Å². The molecule has 2 rings (SSSR count). The van der Waals surface area contributed by atoms with E-state index in [0.29, 0.717) is 0 Å². The number of imide groups is 1. The molecule has 1 saturated heterocycles. The van der Waals surface area contributed by atoms with Gasteiger partial charge in [-0.15, -0.1) is 0 Å². The van der Waals surface area contributed by atoms with Crippen LogP contribution in [0.3, 0.4) is 0 Å². The topological polar surface area (TPSA) is 110 Å². The van der Waals surface area contributed by atoms with Gasteiger partial charge < -0.3 is 5.32 Å². The first-order chi connectivity index (χ1) is 10.4. The number of carbonyl (C=O) groups is 3. The number of benzene rings is 1. The number of rotatable bonds is 5. The second-order valence-corrected chi connectivity index (χ2v) is 4.66. The fourth-order valence-corrected chi connectivity index (χ4v) is 2.04. The zero-order valence-electron chi connectivity index (χ0n) is 11.4. The average Bonchev–Trinajstić information content (AvgIpc) is 2.77. The Labute approximate surface area is 124 Å². The molecule has 116 valence electrons. The molecule has 22 heavy (non-hydrogen) atoms. The Hall–Kier alpha value is -2.84. The van der Waals surface area contributed by atoms with Crippen LogP contribution in [0.1, 0.15) is 19.3 Å². The quantitative estimate of drug-likeness (QED) is 0.499. The highest BCUT2D eigenvalue weighted by Gasteiger charge is 2.28. The van der Waals surface area contributed by atoms with Crippen molar-refractivity contribution in [2.45, 2.75) is 19.3 Å². The molecule has 1 aromatic carbocycles. The molecule has 1 heterocycles. The molecule has 0 spiro atoms. The summed E-state index contributed by atoms with van der Waals surface area (Å²) in [6.45, 7) is -0.0488. The van der Waals surface area contributed by atoms with Crippen molar-refractivity contribution in [1.29, 1.82) is 0 Å². The van der Waals surface area contributed by atoms with Crippen LogP contribution in [0.15, 0.2) is 18.2 Å². The van der Waals surface area contributed by atoms with Gasteiger partial charge in [-0.1, -0.05) is 0 Å². The predicted molar refractivity (Wildman–Crippen MR) is 72.3 cm³/mol. The third-order valence-electron chi connectivity index (χ3n) is 3.14. The summed E-state index contributed by atoms with van der Waals surface area (Å²) in [6.07, 6.45) is 0.151. The number of nitro benzene ring substituents is 1. The molecule has 1 aromatic rings. The molecular weight excluding hydrogens is 297 g/mol. The van der Waals surface area contributed by atoms with Crippen molar-refractivity contribution in [3.05, 3.63) is 34.1 Å². The summed E-state index contributed by atoms with van der Waals surface area (Å²) in [5.41, 5.74) is -0.681. The van der Waals surface area contributed by atoms with Gasteiger partial charge in [-0.3, -0.25) is 29.4 Å². The van der Waals surface area contributed by atoms with Crippen LogP contribution in [-0.2, 0) is 14.4 Å². The first-order valence-electron chi connectivity index (χ1n) is 6.45. The van der Waals surface area contributed by atoms with E-state index in [0.717, 1.165) is 17.0 Å². The summed E-state index contributed by atoms with van der Waals surface area (Å²) in [4.78, 5) is 45.2. The monoisotopic (exact) mass is 309 g/mol. The van der Waals surface area contributed by atoms with Crippen molar-refractivity contribution in [2.24, 2.45) is 0 Å². The molecule has 3 amide bonds. The van der Waals surface area contributed by atoms with Gasteiger partial charge in [-0.25, -0.2) is 0 Å². The number of anilines is 1. The second kappa shape index (κ2) is 6.29. The largest absolute Gasteiger partial charge is 0.326 e. The maximum Gasteiger partial charge on any atom is 0.306 e. The number of nitrogens with one attached hydrogen (secondary N) is 1. The summed E-state index contributed by atoms with van der Waals surface area (Å²) in [6, 6.07) is 2.97. The lowest BCUT2D eigenvalue weighted by atomic mass is 10.2. The van der Waals surface area contributed by atoms with Crippen molar-refractivity contribution in [1.82, 2.24) is 4.90 Å². The lowest BCUT2D eigenvalue weighted by Gasteiger charge is -2.13. The summed E-state index contributed by atoms with van der Waals surface area (Å²) >= 11 is 0. The van der Waals surface area contributed by atoms with Gasteiger partial charge in [0.2, 0.25) is 23.5 Å². The lowest BCUT2D eigenvalue weighted by Crippen LogP contribution is -2.32. The third-order valence-corrected chi connectivity index (χ3v) is 3.14. The molecule has 0 atom stereocenters. The van der Waals surface area contributed by atoms with Gasteiger partial charge in [-0.05, 0) is 12.1 Å². The summed E-state index contributed by atoms with van der Waals surface area (Å²) in [5.74, 6) is -2.19. The van der Waals surface area contributed by atoms with E-state index in [1.807, 2.05) is 0 Å². The number of hydrogen-bond acceptors (Lipinski definition) is 5. The minimum atomic E-state index is -1.00. The zero-order valence-corrected chi connectivity index (χ0v) is 11.4. The van der Waals surface area contributed by atoms with Gasteiger partial charge in [0.05, 0.1) is 4.92 Å². The van der Waals surface area contributed by atoms with Crippen LogP contribution in [0.2, 0.25) is 0 Å². The third kappa shape index (κ3) is 3.43. The van der Waals surface area contributed by atoms with E-state index < -0.39 is 22.3 Å². The van der Waals surface area contributed by atoms with E-state index in [2.05, 4.69) is 5.32 Å². The number of halogens is 1. The van der Waals surface area contributed by atoms with Crippen LogP contribution in [0.4, 0.5) is 15.8 Å². The molecule has 0 radical (unpaired) electrons. The molecular formula is C13H12FN3O5. The number of nitro groups is 1. The van der Waals surface area contributed by atoms with Crippen LogP contribution < -0.4 is 5.32 Å². The highest BCUT2D eigenvalue weighted by atomic mass is 19.1. The van der Waals surface area contributed by atoms with Crippen molar-refractivity contribution >= 4 is 29.1 Å². The summed E-state index contributed by atoms with van der Waals surface area (Å²) < 4.78 is 13.2. The average molecular weight is 309 g/mol. The SMILES string of the molecule is O=C(CCN1C(=O)CCC1=O)Nc1ccc(F)c([N+](=O)[O-])c1. The maximum absolute atomic E-state index is 13.2. The molecule has 0 saturated carbocycles. The standard InChI is InChI=1S/C13H12FN3O5/c14-9-2-1-8(7-10(9)17(21)22)15-11(18)5-6-16-12(19)3-4-13(16)20/h1-2,7H,3-6H2,(H,15,18). The molecule has 1 aliphatic rings. The Morgan fingerprint density at radius 2 is 1.95 bits per heavy atom. The first kappa shape index (κ1) is 15.5. The molecule has 0 unspecified atom stereocenters. The fraction of sp³-hybridized carbons (Fsp3) is 0.308. The number of likely N-dealkylation sites (tertiary alicyclic amines) is 1. The van der Waals surface area contributed by atoms with Crippen LogP contribution in [0, 0.1) is 15.9 Å². The molecule has 1 fully saturated rings. The molecule has 8 nitrogen and oxygen atoms in total. The maximum atomic E-state index is 13.2. The van der Waals surface area contributed by atoms with E-state index in [9.17, 15) is 28.9 Å². The molecule has 1 aliphatic heterocycles. The Morgan fingerprint density at radius 3 is 2.55 bits per heavy atom. The van der Waals surface area contributed by atoms with Gasteiger partial charge in [-0.2, -0.15) is 4.39 Å². The summed E-state index contributed by atoms with van der Waals surface area (Å²) in [5, 5.41) is 13.0. The van der Waals surface area contributed by atoms with Crippen LogP contribution in [0.25, 0.3) is 0 Å². The fourth-order valence-electron chi connectivity index (χ4n) is 2.04. The Morgan fingerprint density at radius 1 is 1.32 bits per heavy atom. The van der Waals surface area contributed by atoms with E-state index in [-0.39, 0.29) is 43.3 Å². The Kier molecular flexibility index (Phi) is 4.44. The highest BCUT2D eigenvalue weighted by molar-refractivity contribution is 6.02. The number of carbonyl (C=O) groups excluding carboxylic acids is 3. The van der Waals surface area contributed by atoms with Crippen molar-refractivity contribution in [3.8, 4) is 0 Å². The van der Waals surface area contributed by atoms with E-state index in [1.54, 1.807) is 0 Å². The van der Waals surface area contributed by atoms with Gasteiger partial charge in [0.15, 0.2) is 0 Å². The minimum absolute atomic E-state index is 0.0488. The summed E-state index contributed by atoms with van der Waals surface area (Å²) in [7, 11) is 0. The van der Waals surface area contributed by atoms with Crippen molar-refractivity contribution in [3.63, 3.8) is 0 Å². The second-order valence-electron chi connectivity index (χ2n) is 4.66. The lowest BCUT2D eigenvalue weighted by molar-refractivity contribution is -0.387. The zero-order chi connectivity index (χ0) is 16.3. The Balaban J connectivity index is 1.95. The molecule has 9 heteroatoms. The first-order valence-corrected chi connectivity index (χ1v) is 6.45. The van der Waals surface area contributed by atoms with Gasteiger partial charge >= 0.3 is 5.69 Å². The van der Waals surface area contributed by atoms with Gasteiger partial charge in [0.25, 0.3) is 0 Å². The predicted octanol–water partition coefficient (Wildman–Crippen LogP) is 1.21. The Bertz CT molecular complexity index is 645. The van der Waals surface area contributed by atoms with E-state index in [4.69, 9.17) is 0 Å². The normalized spacial score (nSPS) is 14.3. The number of amides is 3. The van der Waals surface area contributed by atoms with E-state index in [1.165, 1.54) is 6.07 Å². The highest BCUT2D eigenvalue weighted by Crippen LogP contribution is 2.21. The van der Waals surface area contributed by atoms with Crippen molar-refractivity contribution in [2.75, 3.05) is 11.9 Å². The smallest absolute Gasteiger partial charge is 0.306 e. The molecule has 0 bridgehead atoms. The van der Waals surface area contributed by atoms with E-state index >= 15 is 0 Å². The van der Waals surface area contributed by atoms with Crippen molar-refractivity contribution < 1.29 is 23.7 Å². The number of nitrogens with zero attached hydrogens (tertiary/aromatic N) is 2. The van der Waals surface area contributed by atoms with Gasteiger partial charge in [0, 0.05) is 37.6 Å². The van der Waals surface area contributed by atoms with Crippen LogP contribution in [0.5, 0.6) is 0 Å². The molecule has 1 N–H and O–H groups in total. The number of hydrogen-bond donors (Lipinski definition) is 1.